The molecule has 0 aliphatic rings. The standard InChI is InChI=1S/C10H13F3N2O2/c1-3-6-7(4-2)15(5-8(16)17)14-9(6)10(11,12)13/h3-5H2,1-2H3,(H,16,17). The molecule has 0 fully saturated rings. The van der Waals surface area contributed by atoms with Gasteiger partial charge in [0.2, 0.25) is 0 Å². The van der Waals surface area contributed by atoms with Crippen LogP contribution in [-0.2, 0) is 30.4 Å². The van der Waals surface area contributed by atoms with Crippen molar-refractivity contribution in [3.63, 3.8) is 0 Å². The third-order valence-electron chi connectivity index (χ3n) is 2.41. The molecular formula is C10H13F3N2O2. The summed E-state index contributed by atoms with van der Waals surface area (Å²) in [6, 6.07) is 0. The van der Waals surface area contributed by atoms with Gasteiger partial charge >= 0.3 is 12.1 Å². The Kier molecular flexibility index (Phi) is 3.79. The number of carboxylic acid groups (broad SMARTS) is 1. The number of aliphatic carboxylic acids is 1. The lowest BCUT2D eigenvalue weighted by Gasteiger charge is -2.05. The molecule has 7 heteroatoms. The average Bonchev–Trinajstić information content (AvgIpc) is 2.54. The highest BCUT2D eigenvalue weighted by atomic mass is 19.4. The molecule has 4 nitrogen and oxygen atoms in total. The fraction of sp³-hybridized carbons (Fsp3) is 0.600. The van der Waals surface area contributed by atoms with Crippen molar-refractivity contribution in [1.82, 2.24) is 9.78 Å². The molecule has 0 amide bonds. The smallest absolute Gasteiger partial charge is 0.435 e. The number of halogens is 3. The summed E-state index contributed by atoms with van der Waals surface area (Å²) < 4.78 is 39.0. The van der Waals surface area contributed by atoms with Crippen LogP contribution in [0.1, 0.15) is 30.8 Å². The third kappa shape index (κ3) is 2.78. The van der Waals surface area contributed by atoms with Gasteiger partial charge in [0.05, 0.1) is 0 Å². The van der Waals surface area contributed by atoms with Gasteiger partial charge in [0.1, 0.15) is 6.54 Å². The summed E-state index contributed by atoms with van der Waals surface area (Å²) in [5, 5.41) is 12.0. The molecule has 1 N–H and O–H groups in total. The maximum atomic E-state index is 12.7. The van der Waals surface area contributed by atoms with E-state index in [0.717, 1.165) is 4.68 Å². The van der Waals surface area contributed by atoms with Gasteiger partial charge in [-0.05, 0) is 12.8 Å². The van der Waals surface area contributed by atoms with Crippen molar-refractivity contribution in [2.24, 2.45) is 0 Å². The molecule has 1 heterocycles. The van der Waals surface area contributed by atoms with Gasteiger partial charge in [-0.25, -0.2) is 0 Å². The van der Waals surface area contributed by atoms with Crippen molar-refractivity contribution in [1.29, 1.82) is 0 Å². The predicted molar refractivity (Wildman–Crippen MR) is 53.6 cm³/mol. The second kappa shape index (κ2) is 4.77. The number of aromatic nitrogens is 2. The molecule has 0 unspecified atom stereocenters. The largest absolute Gasteiger partial charge is 0.480 e. The minimum Gasteiger partial charge on any atom is -0.480 e. The Morgan fingerprint density at radius 1 is 1.35 bits per heavy atom. The Balaban J connectivity index is 3.33. The number of carboxylic acids is 1. The number of hydrogen-bond donors (Lipinski definition) is 1. The molecule has 1 rings (SSSR count). The van der Waals surface area contributed by atoms with Crippen LogP contribution in [0.25, 0.3) is 0 Å². The zero-order valence-electron chi connectivity index (χ0n) is 9.51. The maximum Gasteiger partial charge on any atom is 0.435 e. The van der Waals surface area contributed by atoms with Gasteiger partial charge in [0.15, 0.2) is 5.69 Å². The SMILES string of the molecule is CCc1c(C(F)(F)F)nn(CC(=O)O)c1CC. The monoisotopic (exact) mass is 250 g/mol. The highest BCUT2D eigenvalue weighted by Gasteiger charge is 2.38. The molecule has 0 spiro atoms. The van der Waals surface area contributed by atoms with E-state index in [9.17, 15) is 18.0 Å². The number of carbonyl (C=O) groups is 1. The summed E-state index contributed by atoms with van der Waals surface area (Å²) in [5.41, 5.74) is -0.554. The zero-order chi connectivity index (χ0) is 13.2. The Hall–Kier alpha value is -1.53. The lowest BCUT2D eigenvalue weighted by atomic mass is 10.1. The van der Waals surface area contributed by atoms with Gasteiger partial charge in [-0.3, -0.25) is 9.48 Å². The topological polar surface area (TPSA) is 55.1 Å². The summed E-state index contributed by atoms with van der Waals surface area (Å²) in [7, 11) is 0. The van der Waals surface area contributed by atoms with Crippen molar-refractivity contribution in [3.8, 4) is 0 Å². The first-order valence-electron chi connectivity index (χ1n) is 5.18. The molecule has 0 bridgehead atoms. The maximum absolute atomic E-state index is 12.7. The van der Waals surface area contributed by atoms with E-state index in [1.165, 1.54) is 0 Å². The quantitative estimate of drug-likeness (QED) is 0.890. The second-order valence-corrected chi connectivity index (χ2v) is 3.53. The third-order valence-corrected chi connectivity index (χ3v) is 2.41. The molecule has 96 valence electrons. The highest BCUT2D eigenvalue weighted by molar-refractivity contribution is 5.66. The Morgan fingerprint density at radius 2 is 1.94 bits per heavy atom. The van der Waals surface area contributed by atoms with Crippen LogP contribution in [0.5, 0.6) is 0 Å². The van der Waals surface area contributed by atoms with E-state index in [1.807, 2.05) is 0 Å². The molecule has 0 saturated carbocycles. The first kappa shape index (κ1) is 13.5. The average molecular weight is 250 g/mol. The molecule has 0 saturated heterocycles. The number of alkyl halides is 3. The van der Waals surface area contributed by atoms with Crippen molar-refractivity contribution in [2.75, 3.05) is 0 Å². The van der Waals surface area contributed by atoms with Crippen LogP contribution in [0, 0.1) is 0 Å². The first-order valence-corrected chi connectivity index (χ1v) is 5.18. The van der Waals surface area contributed by atoms with Crippen LogP contribution < -0.4 is 0 Å². The van der Waals surface area contributed by atoms with Crippen LogP contribution >= 0.6 is 0 Å². The Bertz CT molecular complexity index is 424. The normalized spacial score (nSPS) is 11.8. The fourth-order valence-electron chi connectivity index (χ4n) is 1.79. The summed E-state index contributed by atoms with van der Waals surface area (Å²) in [5.74, 6) is -1.21. The van der Waals surface area contributed by atoms with Crippen molar-refractivity contribution in [3.05, 3.63) is 17.0 Å². The summed E-state index contributed by atoms with van der Waals surface area (Å²) >= 11 is 0. The summed E-state index contributed by atoms with van der Waals surface area (Å²) in [6.07, 6.45) is -4.05. The highest BCUT2D eigenvalue weighted by Crippen LogP contribution is 2.33. The van der Waals surface area contributed by atoms with Crippen LogP contribution in [0.15, 0.2) is 0 Å². The van der Waals surface area contributed by atoms with Gasteiger partial charge in [0, 0.05) is 11.3 Å². The minimum atomic E-state index is -4.54. The number of rotatable bonds is 4. The minimum absolute atomic E-state index is 0.0845. The van der Waals surface area contributed by atoms with Crippen LogP contribution in [0.4, 0.5) is 13.2 Å². The van der Waals surface area contributed by atoms with Gasteiger partial charge in [-0.2, -0.15) is 18.3 Å². The van der Waals surface area contributed by atoms with Crippen molar-refractivity contribution in [2.45, 2.75) is 39.4 Å². The Morgan fingerprint density at radius 3 is 2.29 bits per heavy atom. The lowest BCUT2D eigenvalue weighted by Crippen LogP contribution is -2.14. The van der Waals surface area contributed by atoms with Crippen LogP contribution in [0.3, 0.4) is 0 Å². The van der Waals surface area contributed by atoms with E-state index in [-0.39, 0.29) is 12.0 Å². The van der Waals surface area contributed by atoms with Gasteiger partial charge in [-0.15, -0.1) is 0 Å². The second-order valence-electron chi connectivity index (χ2n) is 3.53. The molecule has 1 aromatic heterocycles. The number of nitrogens with zero attached hydrogens (tertiary/aromatic N) is 2. The molecule has 0 aromatic carbocycles. The van der Waals surface area contributed by atoms with Gasteiger partial charge in [0.25, 0.3) is 0 Å². The van der Waals surface area contributed by atoms with Gasteiger partial charge in [-0.1, -0.05) is 13.8 Å². The van der Waals surface area contributed by atoms with E-state index in [1.54, 1.807) is 13.8 Å². The van der Waals surface area contributed by atoms with E-state index >= 15 is 0 Å². The summed E-state index contributed by atoms with van der Waals surface area (Å²) in [4.78, 5) is 10.6. The fourth-order valence-corrected chi connectivity index (χ4v) is 1.79. The zero-order valence-corrected chi connectivity index (χ0v) is 9.51. The van der Waals surface area contributed by atoms with E-state index in [4.69, 9.17) is 5.11 Å². The van der Waals surface area contributed by atoms with E-state index < -0.39 is 24.4 Å². The summed E-state index contributed by atoms with van der Waals surface area (Å²) in [6.45, 7) is 2.72. The van der Waals surface area contributed by atoms with E-state index in [0.29, 0.717) is 12.1 Å². The molecule has 0 aliphatic carbocycles. The van der Waals surface area contributed by atoms with Crippen molar-refractivity contribution < 1.29 is 23.1 Å². The van der Waals surface area contributed by atoms with Crippen LogP contribution in [0.2, 0.25) is 0 Å². The predicted octanol–water partition coefficient (Wildman–Crippen LogP) is 2.11. The molecule has 1 aromatic rings. The van der Waals surface area contributed by atoms with Gasteiger partial charge < -0.3 is 5.11 Å². The molecule has 0 atom stereocenters. The molecule has 0 aliphatic heterocycles. The molecule has 17 heavy (non-hydrogen) atoms. The van der Waals surface area contributed by atoms with Crippen LogP contribution in [-0.4, -0.2) is 20.9 Å². The number of hydrogen-bond acceptors (Lipinski definition) is 2. The van der Waals surface area contributed by atoms with E-state index in [2.05, 4.69) is 5.10 Å². The Labute approximate surface area is 96.0 Å². The molecular weight excluding hydrogens is 237 g/mol. The molecule has 0 radical (unpaired) electrons. The first-order chi connectivity index (χ1) is 7.81. The lowest BCUT2D eigenvalue weighted by molar-refractivity contribution is -0.143. The van der Waals surface area contributed by atoms with Crippen molar-refractivity contribution >= 4 is 5.97 Å².